The molecule has 0 amide bonds. The van der Waals surface area contributed by atoms with Crippen molar-refractivity contribution in [3.05, 3.63) is 29.8 Å². The molecule has 1 aliphatic rings. The van der Waals surface area contributed by atoms with Crippen molar-refractivity contribution < 1.29 is 28.1 Å². The maximum Gasteiger partial charge on any atom is 0.415 e. The molecular formula is C16H22F3NO3. The number of hydrogen-bond donors (Lipinski definition) is 2. The van der Waals surface area contributed by atoms with E-state index < -0.39 is 24.4 Å². The highest BCUT2D eigenvalue weighted by molar-refractivity contribution is 5.31. The zero-order valence-corrected chi connectivity index (χ0v) is 13.0. The number of likely N-dealkylation sites (tertiary alicyclic amines) is 1. The number of rotatable bonds is 6. The quantitative estimate of drug-likeness (QED) is 0.837. The maximum absolute atomic E-state index is 12.7. The number of halogens is 3. The van der Waals surface area contributed by atoms with Gasteiger partial charge in [0, 0.05) is 12.6 Å². The molecule has 4 nitrogen and oxygen atoms in total. The summed E-state index contributed by atoms with van der Waals surface area (Å²) < 4.78 is 43.5. The van der Waals surface area contributed by atoms with Gasteiger partial charge in [0.15, 0.2) is 6.10 Å². The first-order valence-electron chi connectivity index (χ1n) is 7.64. The summed E-state index contributed by atoms with van der Waals surface area (Å²) in [5.41, 5.74) is 0.922. The van der Waals surface area contributed by atoms with Crippen LogP contribution in [0.25, 0.3) is 0 Å². The van der Waals surface area contributed by atoms with Gasteiger partial charge in [-0.05, 0) is 37.9 Å². The van der Waals surface area contributed by atoms with Crippen molar-refractivity contribution >= 4 is 0 Å². The van der Waals surface area contributed by atoms with Crippen LogP contribution in [0.3, 0.4) is 0 Å². The van der Waals surface area contributed by atoms with Gasteiger partial charge in [-0.15, -0.1) is 0 Å². The molecule has 130 valence electrons. The molecule has 1 aromatic carbocycles. The van der Waals surface area contributed by atoms with Gasteiger partial charge in [0.2, 0.25) is 0 Å². The van der Waals surface area contributed by atoms with Crippen molar-refractivity contribution in [2.24, 2.45) is 0 Å². The van der Waals surface area contributed by atoms with Crippen molar-refractivity contribution in [2.75, 3.05) is 19.7 Å². The Morgan fingerprint density at radius 1 is 1.30 bits per heavy atom. The molecule has 7 heteroatoms. The molecule has 0 saturated carbocycles. The van der Waals surface area contributed by atoms with E-state index in [0.29, 0.717) is 18.7 Å². The minimum Gasteiger partial charge on any atom is -0.491 e. The van der Waals surface area contributed by atoms with Crippen LogP contribution in [-0.2, 0) is 0 Å². The van der Waals surface area contributed by atoms with Crippen molar-refractivity contribution in [3.63, 3.8) is 0 Å². The predicted molar refractivity (Wildman–Crippen MR) is 79.3 cm³/mol. The third-order valence-corrected chi connectivity index (χ3v) is 4.08. The topological polar surface area (TPSA) is 52.9 Å². The highest BCUT2D eigenvalue weighted by Gasteiger charge is 2.47. The SMILES string of the molecule is Cc1ccccc1OC[C@H](O)CN1CCC[C@H]1[C@H](O)C(F)(F)F. The number of nitrogens with zero attached hydrogens (tertiary/aromatic N) is 1. The Labute approximate surface area is 133 Å². The summed E-state index contributed by atoms with van der Waals surface area (Å²) in [7, 11) is 0. The first-order chi connectivity index (χ1) is 10.8. The average Bonchev–Trinajstić information content (AvgIpc) is 2.92. The van der Waals surface area contributed by atoms with Crippen LogP contribution >= 0.6 is 0 Å². The summed E-state index contributed by atoms with van der Waals surface area (Å²) in [5.74, 6) is 0.639. The lowest BCUT2D eigenvalue weighted by Gasteiger charge is -2.31. The van der Waals surface area contributed by atoms with Gasteiger partial charge in [-0.1, -0.05) is 18.2 Å². The molecule has 0 aromatic heterocycles. The predicted octanol–water partition coefficient (Wildman–Crippen LogP) is 2.12. The van der Waals surface area contributed by atoms with E-state index >= 15 is 0 Å². The largest absolute Gasteiger partial charge is 0.491 e. The minimum absolute atomic E-state index is 0.00378. The molecule has 1 aliphatic heterocycles. The molecule has 2 rings (SSSR count). The van der Waals surface area contributed by atoms with E-state index in [-0.39, 0.29) is 19.6 Å². The van der Waals surface area contributed by atoms with Crippen LogP contribution in [0.1, 0.15) is 18.4 Å². The van der Waals surface area contributed by atoms with Gasteiger partial charge in [-0.2, -0.15) is 13.2 Å². The van der Waals surface area contributed by atoms with Gasteiger partial charge in [-0.25, -0.2) is 0 Å². The summed E-state index contributed by atoms with van der Waals surface area (Å²) in [5, 5.41) is 19.5. The monoisotopic (exact) mass is 333 g/mol. The molecule has 0 aliphatic carbocycles. The number of aliphatic hydroxyl groups is 2. The minimum atomic E-state index is -4.64. The highest BCUT2D eigenvalue weighted by Crippen LogP contribution is 2.30. The van der Waals surface area contributed by atoms with Crippen molar-refractivity contribution in [1.82, 2.24) is 4.90 Å². The van der Waals surface area contributed by atoms with Crippen LogP contribution in [0.15, 0.2) is 24.3 Å². The van der Waals surface area contributed by atoms with E-state index in [9.17, 15) is 23.4 Å². The molecule has 2 N–H and O–H groups in total. The zero-order valence-electron chi connectivity index (χ0n) is 13.0. The number of aliphatic hydroxyl groups excluding tert-OH is 2. The molecular weight excluding hydrogens is 311 g/mol. The van der Waals surface area contributed by atoms with E-state index in [1.165, 1.54) is 4.90 Å². The van der Waals surface area contributed by atoms with E-state index in [2.05, 4.69) is 0 Å². The number of alkyl halides is 3. The van der Waals surface area contributed by atoms with Crippen LogP contribution in [-0.4, -0.2) is 59.2 Å². The van der Waals surface area contributed by atoms with E-state index in [1.54, 1.807) is 6.07 Å². The van der Waals surface area contributed by atoms with Gasteiger partial charge in [0.1, 0.15) is 18.5 Å². The lowest BCUT2D eigenvalue weighted by molar-refractivity contribution is -0.220. The third kappa shape index (κ3) is 4.83. The van der Waals surface area contributed by atoms with Crippen molar-refractivity contribution in [2.45, 2.75) is 44.2 Å². The Hall–Kier alpha value is -1.31. The van der Waals surface area contributed by atoms with Crippen LogP contribution in [0.2, 0.25) is 0 Å². The fourth-order valence-corrected chi connectivity index (χ4v) is 2.88. The summed E-state index contributed by atoms with van der Waals surface area (Å²) in [6.45, 7) is 2.34. The summed E-state index contributed by atoms with van der Waals surface area (Å²) in [6.07, 6.45) is -7.10. The molecule has 0 spiro atoms. The maximum atomic E-state index is 12.7. The Morgan fingerprint density at radius 3 is 2.65 bits per heavy atom. The van der Waals surface area contributed by atoms with Crippen LogP contribution in [0.5, 0.6) is 5.75 Å². The molecule has 1 heterocycles. The Bertz CT molecular complexity index is 510. The first-order valence-corrected chi connectivity index (χ1v) is 7.64. The van der Waals surface area contributed by atoms with E-state index in [0.717, 1.165) is 5.56 Å². The summed E-state index contributed by atoms with van der Waals surface area (Å²) in [6, 6.07) is 6.33. The van der Waals surface area contributed by atoms with E-state index in [1.807, 2.05) is 25.1 Å². The number of ether oxygens (including phenoxy) is 1. The van der Waals surface area contributed by atoms with Gasteiger partial charge >= 0.3 is 6.18 Å². The highest BCUT2D eigenvalue weighted by atomic mass is 19.4. The number of benzene rings is 1. The lowest BCUT2D eigenvalue weighted by Crippen LogP contribution is -2.49. The van der Waals surface area contributed by atoms with Gasteiger partial charge in [0.25, 0.3) is 0 Å². The number of β-amino-alcohol motifs (C(OH)–C–C–N with tert-alkyl or cyclic N) is 1. The fraction of sp³-hybridized carbons (Fsp3) is 0.625. The molecule has 0 radical (unpaired) electrons. The zero-order chi connectivity index (χ0) is 17.0. The molecule has 0 bridgehead atoms. The van der Waals surface area contributed by atoms with Gasteiger partial charge in [-0.3, -0.25) is 4.90 Å². The molecule has 1 saturated heterocycles. The summed E-state index contributed by atoms with van der Waals surface area (Å²) >= 11 is 0. The Kier molecular flexibility index (Phi) is 5.89. The second kappa shape index (κ2) is 7.51. The smallest absolute Gasteiger partial charge is 0.415 e. The van der Waals surface area contributed by atoms with Gasteiger partial charge < -0.3 is 14.9 Å². The Balaban J connectivity index is 1.87. The summed E-state index contributed by atoms with van der Waals surface area (Å²) in [4.78, 5) is 1.49. The molecule has 1 fully saturated rings. The normalized spacial score (nSPS) is 22.1. The van der Waals surface area contributed by atoms with Crippen molar-refractivity contribution in [3.8, 4) is 5.75 Å². The average molecular weight is 333 g/mol. The number of hydrogen-bond acceptors (Lipinski definition) is 4. The second-order valence-electron chi connectivity index (χ2n) is 5.92. The van der Waals surface area contributed by atoms with Crippen LogP contribution in [0, 0.1) is 6.92 Å². The standard InChI is InChI=1S/C16H22F3NO3/c1-11-5-2-3-7-14(11)23-10-12(21)9-20-8-4-6-13(20)15(22)16(17,18)19/h2-3,5,7,12-13,15,21-22H,4,6,8-10H2,1H3/t12-,13+,15+/m1/s1. The molecule has 1 aromatic rings. The fourth-order valence-electron chi connectivity index (χ4n) is 2.88. The first kappa shape index (κ1) is 18.0. The lowest BCUT2D eigenvalue weighted by atomic mass is 10.1. The van der Waals surface area contributed by atoms with Crippen LogP contribution in [0.4, 0.5) is 13.2 Å². The van der Waals surface area contributed by atoms with Crippen molar-refractivity contribution in [1.29, 1.82) is 0 Å². The third-order valence-electron chi connectivity index (χ3n) is 4.08. The number of para-hydroxylation sites is 1. The second-order valence-corrected chi connectivity index (χ2v) is 5.92. The Morgan fingerprint density at radius 2 is 2.00 bits per heavy atom. The van der Waals surface area contributed by atoms with Gasteiger partial charge in [0.05, 0.1) is 0 Å². The molecule has 3 atom stereocenters. The van der Waals surface area contributed by atoms with Crippen LogP contribution < -0.4 is 4.74 Å². The van der Waals surface area contributed by atoms with E-state index in [4.69, 9.17) is 4.74 Å². The molecule has 23 heavy (non-hydrogen) atoms. The number of aryl methyl sites for hydroxylation is 1. The molecule has 0 unspecified atom stereocenters.